The quantitative estimate of drug-likeness (QED) is 0.381. The van der Waals surface area contributed by atoms with Crippen molar-refractivity contribution in [2.45, 2.75) is 12.8 Å². The number of hydrogen-bond acceptors (Lipinski definition) is 10. The molecule has 0 aliphatic rings. The first kappa shape index (κ1) is 18.5. The van der Waals surface area contributed by atoms with E-state index in [1.807, 2.05) is 0 Å². The van der Waals surface area contributed by atoms with Gasteiger partial charge in [0.05, 0.1) is 12.8 Å². The average Bonchev–Trinajstić information content (AvgIpc) is 3.51. The second-order valence-corrected chi connectivity index (χ2v) is 6.58. The van der Waals surface area contributed by atoms with E-state index in [2.05, 4.69) is 45.3 Å². The third-order valence-corrected chi connectivity index (χ3v) is 4.55. The molecule has 0 aliphatic carbocycles. The molecule has 1 amide bonds. The third-order valence-electron chi connectivity index (χ3n) is 3.80. The van der Waals surface area contributed by atoms with Crippen molar-refractivity contribution in [2.75, 3.05) is 12.4 Å². The molecular weight excluding hydrogens is 400 g/mol. The van der Waals surface area contributed by atoms with Gasteiger partial charge in [-0.05, 0) is 6.07 Å². The normalized spacial score (nSPS) is 10.8. The zero-order valence-corrected chi connectivity index (χ0v) is 15.8. The van der Waals surface area contributed by atoms with Crippen molar-refractivity contribution in [1.82, 2.24) is 35.3 Å². The number of nitrogens with one attached hydrogen (secondary N) is 3. The Morgan fingerprint density at radius 3 is 3.03 bits per heavy atom. The van der Waals surface area contributed by atoms with Gasteiger partial charge in [0.2, 0.25) is 17.6 Å². The number of H-pyrrole nitrogens is 2. The van der Waals surface area contributed by atoms with Crippen molar-refractivity contribution in [3.05, 3.63) is 35.6 Å². The topological polar surface area (TPSA) is 165 Å². The van der Waals surface area contributed by atoms with Gasteiger partial charge in [-0.3, -0.25) is 9.89 Å². The van der Waals surface area contributed by atoms with Crippen LogP contribution in [-0.4, -0.2) is 54.3 Å². The lowest BCUT2D eigenvalue weighted by atomic mass is 10.2. The summed E-state index contributed by atoms with van der Waals surface area (Å²) in [6.07, 6.45) is 3.40. The summed E-state index contributed by atoms with van der Waals surface area (Å²) in [6, 6.07) is 1.63. The van der Waals surface area contributed by atoms with Crippen LogP contribution < -0.4 is 5.32 Å². The van der Waals surface area contributed by atoms with E-state index in [-0.39, 0.29) is 24.6 Å². The van der Waals surface area contributed by atoms with E-state index in [4.69, 9.17) is 4.52 Å². The van der Waals surface area contributed by atoms with Gasteiger partial charge in [-0.1, -0.05) is 5.16 Å². The molecule has 4 rings (SSSR count). The van der Waals surface area contributed by atoms with Gasteiger partial charge < -0.3 is 19.6 Å². The Morgan fingerprint density at radius 2 is 2.24 bits per heavy atom. The third kappa shape index (κ3) is 4.19. The minimum absolute atomic E-state index is 0.142. The fourth-order valence-corrected chi connectivity index (χ4v) is 3.14. The van der Waals surface area contributed by atoms with Gasteiger partial charge in [0.1, 0.15) is 12.0 Å². The first-order valence-electron chi connectivity index (χ1n) is 8.33. The molecule has 4 heterocycles. The molecule has 0 aliphatic heterocycles. The van der Waals surface area contributed by atoms with Crippen LogP contribution in [0.15, 0.2) is 28.5 Å². The van der Waals surface area contributed by atoms with Crippen LogP contribution in [0.1, 0.15) is 22.8 Å². The summed E-state index contributed by atoms with van der Waals surface area (Å²) in [5, 5.41) is 15.1. The molecule has 0 saturated heterocycles. The van der Waals surface area contributed by atoms with E-state index >= 15 is 0 Å². The highest BCUT2D eigenvalue weighted by molar-refractivity contribution is 7.14. The van der Waals surface area contributed by atoms with E-state index in [0.29, 0.717) is 33.8 Å². The van der Waals surface area contributed by atoms with Gasteiger partial charge in [-0.2, -0.15) is 10.1 Å². The molecular formula is C16H14N8O4S. The van der Waals surface area contributed by atoms with Gasteiger partial charge in [0, 0.05) is 30.0 Å². The lowest BCUT2D eigenvalue weighted by molar-refractivity contribution is -0.116. The minimum Gasteiger partial charge on any atom is -0.464 e. The number of aromatic nitrogens is 7. The largest absolute Gasteiger partial charge is 0.464 e. The first-order chi connectivity index (χ1) is 14.1. The Hall–Kier alpha value is -3.87. The summed E-state index contributed by atoms with van der Waals surface area (Å²) in [4.78, 5) is 38.9. The van der Waals surface area contributed by atoms with Gasteiger partial charge in [0.25, 0.3) is 0 Å². The van der Waals surface area contributed by atoms with Crippen molar-refractivity contribution in [3.8, 4) is 22.9 Å². The number of amides is 1. The summed E-state index contributed by atoms with van der Waals surface area (Å²) >= 11 is 1.28. The Bertz CT molecular complexity index is 1130. The number of esters is 1. The molecule has 3 N–H and O–H groups in total. The molecule has 0 unspecified atom stereocenters. The van der Waals surface area contributed by atoms with Crippen LogP contribution in [0.2, 0.25) is 0 Å². The van der Waals surface area contributed by atoms with Crippen LogP contribution in [0.3, 0.4) is 0 Å². The fourth-order valence-electron chi connectivity index (χ4n) is 2.40. The van der Waals surface area contributed by atoms with E-state index in [0.717, 1.165) is 0 Å². The number of anilines is 1. The van der Waals surface area contributed by atoms with Crippen LogP contribution in [0, 0.1) is 0 Å². The van der Waals surface area contributed by atoms with Crippen molar-refractivity contribution in [3.63, 3.8) is 0 Å². The van der Waals surface area contributed by atoms with Crippen molar-refractivity contribution in [1.29, 1.82) is 0 Å². The number of carbonyl (C=O) groups is 2. The number of methoxy groups -OCH3 is 1. The maximum absolute atomic E-state index is 12.2. The Kier molecular flexibility index (Phi) is 5.11. The maximum Gasteiger partial charge on any atom is 0.354 e. The Balaban J connectivity index is 1.32. The number of rotatable bonds is 7. The number of carbonyl (C=O) groups excluding carboxylic acids is 2. The van der Waals surface area contributed by atoms with Gasteiger partial charge >= 0.3 is 5.97 Å². The van der Waals surface area contributed by atoms with Crippen LogP contribution >= 0.6 is 11.3 Å². The van der Waals surface area contributed by atoms with E-state index in [1.54, 1.807) is 17.6 Å². The SMILES string of the molecule is COC(=O)c1cc(-c2csc(NC(=O)CCc3nc(-c4ncn[nH]4)no3)n2)c[nH]1. The fraction of sp³-hybridized carbons (Fsp3) is 0.188. The maximum atomic E-state index is 12.2. The standard InChI is InChI=1S/C16H14N8O4S/c1-27-15(26)9-4-8(5-17-9)10-6-29-16(20-10)21-11(25)2-3-12-22-14(24-28-12)13-18-7-19-23-13/h4-7,17H,2-3H2,1H3,(H,18,19,23)(H,20,21,25). The Labute approximate surface area is 166 Å². The highest BCUT2D eigenvalue weighted by atomic mass is 32.1. The second-order valence-electron chi connectivity index (χ2n) is 5.73. The van der Waals surface area contributed by atoms with Gasteiger partial charge in [-0.15, -0.1) is 11.3 Å². The van der Waals surface area contributed by atoms with E-state index < -0.39 is 5.97 Å². The molecule has 12 nitrogen and oxygen atoms in total. The summed E-state index contributed by atoms with van der Waals surface area (Å²) in [7, 11) is 1.31. The molecule has 0 bridgehead atoms. The molecule has 0 spiro atoms. The molecule has 0 aromatic carbocycles. The lowest BCUT2D eigenvalue weighted by Gasteiger charge is -1.99. The highest BCUT2D eigenvalue weighted by Gasteiger charge is 2.15. The second kappa shape index (κ2) is 8.02. The number of nitrogens with zero attached hydrogens (tertiary/aromatic N) is 5. The molecule has 0 radical (unpaired) electrons. The van der Waals surface area contributed by atoms with Crippen LogP contribution in [0.25, 0.3) is 22.9 Å². The van der Waals surface area contributed by atoms with Crippen molar-refractivity contribution < 1.29 is 18.8 Å². The average molecular weight is 414 g/mol. The molecule has 13 heteroatoms. The summed E-state index contributed by atoms with van der Waals surface area (Å²) < 4.78 is 9.76. The smallest absolute Gasteiger partial charge is 0.354 e. The molecule has 0 fully saturated rings. The number of aryl methyl sites for hydroxylation is 1. The summed E-state index contributed by atoms with van der Waals surface area (Å²) in [6.45, 7) is 0. The zero-order chi connectivity index (χ0) is 20.2. The summed E-state index contributed by atoms with van der Waals surface area (Å²) in [5.41, 5.74) is 1.67. The van der Waals surface area contributed by atoms with Crippen molar-refractivity contribution >= 4 is 28.3 Å². The Morgan fingerprint density at radius 1 is 1.34 bits per heavy atom. The molecule has 0 saturated carbocycles. The monoisotopic (exact) mass is 414 g/mol. The van der Waals surface area contributed by atoms with Gasteiger partial charge in [0.15, 0.2) is 11.0 Å². The van der Waals surface area contributed by atoms with E-state index in [1.165, 1.54) is 24.8 Å². The van der Waals surface area contributed by atoms with Crippen LogP contribution in [0.4, 0.5) is 5.13 Å². The number of thiazole rings is 1. The predicted molar refractivity (Wildman–Crippen MR) is 99.9 cm³/mol. The first-order valence-corrected chi connectivity index (χ1v) is 9.21. The molecule has 148 valence electrons. The van der Waals surface area contributed by atoms with Crippen molar-refractivity contribution in [2.24, 2.45) is 0 Å². The lowest BCUT2D eigenvalue weighted by Crippen LogP contribution is -2.12. The number of hydrogen-bond donors (Lipinski definition) is 3. The molecule has 0 atom stereocenters. The molecule has 4 aromatic heterocycles. The highest BCUT2D eigenvalue weighted by Crippen LogP contribution is 2.25. The minimum atomic E-state index is -0.465. The van der Waals surface area contributed by atoms with E-state index in [9.17, 15) is 9.59 Å². The number of ether oxygens (including phenoxy) is 1. The summed E-state index contributed by atoms with van der Waals surface area (Å²) in [5.74, 6) is 0.274. The zero-order valence-electron chi connectivity index (χ0n) is 15.0. The molecule has 29 heavy (non-hydrogen) atoms. The van der Waals surface area contributed by atoms with Crippen LogP contribution in [-0.2, 0) is 16.0 Å². The van der Waals surface area contributed by atoms with Crippen LogP contribution in [0.5, 0.6) is 0 Å². The van der Waals surface area contributed by atoms with Gasteiger partial charge in [-0.25, -0.2) is 14.8 Å². The number of aromatic amines is 2. The predicted octanol–water partition coefficient (Wildman–Crippen LogP) is 1.66. The molecule has 4 aromatic rings.